The Morgan fingerprint density at radius 1 is 1.32 bits per heavy atom. The number of nitrogens with zero attached hydrogens (tertiary/aromatic N) is 5. The number of aromatic nitrogens is 6. The molecule has 0 radical (unpaired) electrons. The monoisotopic (exact) mass is 353 g/mol. The first-order chi connectivity index (χ1) is 12.2. The lowest BCUT2D eigenvalue weighted by Gasteiger charge is -2.05. The van der Waals surface area contributed by atoms with Crippen LogP contribution in [-0.2, 0) is 11.3 Å². The van der Waals surface area contributed by atoms with Crippen LogP contribution in [0.3, 0.4) is 0 Å². The zero-order valence-electron chi connectivity index (χ0n) is 13.4. The largest absolute Gasteiger partial charge is 0.415 e. The normalized spacial score (nSPS) is 11.4. The highest BCUT2D eigenvalue weighted by molar-refractivity contribution is 5.71. The maximum atomic E-state index is 12.2. The van der Waals surface area contributed by atoms with E-state index in [9.17, 15) is 8.78 Å². The van der Waals surface area contributed by atoms with Crippen molar-refractivity contribution in [3.63, 3.8) is 0 Å². The number of methoxy groups -OCH3 is 1. The van der Waals surface area contributed by atoms with Crippen molar-refractivity contribution in [3.05, 3.63) is 18.5 Å². The number of hydrogen-bond donors (Lipinski definition) is 2. The van der Waals surface area contributed by atoms with E-state index in [4.69, 9.17) is 4.74 Å². The summed E-state index contributed by atoms with van der Waals surface area (Å²) in [7, 11) is 1.67. The van der Waals surface area contributed by atoms with E-state index in [0.29, 0.717) is 36.0 Å². The number of H-pyrrole nitrogens is 1. The number of aromatic amines is 1. The molecule has 9 nitrogen and oxygen atoms in total. The summed E-state index contributed by atoms with van der Waals surface area (Å²) in [6.45, 7) is -1.54. The minimum atomic E-state index is -2.93. The van der Waals surface area contributed by atoms with Crippen LogP contribution in [0.1, 0.15) is 12.8 Å². The van der Waals surface area contributed by atoms with Gasteiger partial charge in [-0.15, -0.1) is 5.10 Å². The van der Waals surface area contributed by atoms with E-state index in [-0.39, 0.29) is 5.88 Å². The van der Waals surface area contributed by atoms with Gasteiger partial charge in [0.25, 0.3) is 0 Å². The van der Waals surface area contributed by atoms with E-state index < -0.39 is 6.61 Å². The molecule has 3 rings (SSSR count). The van der Waals surface area contributed by atoms with Gasteiger partial charge in [-0.25, -0.2) is 14.6 Å². The molecule has 11 heteroatoms. The first-order valence-corrected chi connectivity index (χ1v) is 7.60. The highest BCUT2D eigenvalue weighted by atomic mass is 19.3. The summed E-state index contributed by atoms with van der Waals surface area (Å²) in [6, 6.07) is 1.31. The summed E-state index contributed by atoms with van der Waals surface area (Å²) in [6.07, 6.45) is 4.99. The number of rotatable bonds is 9. The molecule has 2 N–H and O–H groups in total. The lowest BCUT2D eigenvalue weighted by molar-refractivity contribution is -0.0528. The van der Waals surface area contributed by atoms with Gasteiger partial charge >= 0.3 is 6.61 Å². The van der Waals surface area contributed by atoms with E-state index >= 15 is 0 Å². The van der Waals surface area contributed by atoms with Crippen molar-refractivity contribution < 1.29 is 18.3 Å². The van der Waals surface area contributed by atoms with Gasteiger partial charge in [-0.05, 0) is 12.8 Å². The molecule has 0 aliphatic carbocycles. The van der Waals surface area contributed by atoms with Crippen LogP contribution in [-0.4, -0.2) is 50.3 Å². The van der Waals surface area contributed by atoms with Crippen LogP contribution in [0.25, 0.3) is 11.2 Å². The van der Waals surface area contributed by atoms with Crippen molar-refractivity contribution in [2.24, 2.45) is 0 Å². The number of hydrogen-bond acceptors (Lipinski definition) is 7. The van der Waals surface area contributed by atoms with Crippen LogP contribution in [0.15, 0.2) is 18.5 Å². The van der Waals surface area contributed by atoms with Crippen molar-refractivity contribution in [1.82, 2.24) is 29.9 Å². The summed E-state index contributed by atoms with van der Waals surface area (Å²) in [5.74, 6) is 0.573. The summed E-state index contributed by atoms with van der Waals surface area (Å²) in [5, 5.41) is 13.3. The van der Waals surface area contributed by atoms with Crippen LogP contribution >= 0.6 is 0 Å². The smallest absolute Gasteiger partial charge is 0.388 e. The Morgan fingerprint density at radius 3 is 3.00 bits per heavy atom. The molecule has 0 saturated carbocycles. The third-order valence-corrected chi connectivity index (χ3v) is 3.34. The fourth-order valence-electron chi connectivity index (χ4n) is 2.24. The van der Waals surface area contributed by atoms with Gasteiger partial charge < -0.3 is 14.8 Å². The average molecular weight is 353 g/mol. The number of halogens is 2. The molecular weight excluding hydrogens is 336 g/mol. The molecule has 3 heterocycles. The molecule has 0 unspecified atom stereocenters. The standard InChI is InChI=1S/C14H17F2N7O2/c1-24-5-3-2-4-23-13-9(7-18-23)17-8-11(20-13)19-10-6-12(22-21-10)25-14(15)16/h6-8,14H,2-5H2,1H3,(H2,19,20,21,22). The summed E-state index contributed by atoms with van der Waals surface area (Å²) in [4.78, 5) is 8.74. The zero-order valence-corrected chi connectivity index (χ0v) is 13.4. The Labute approximate surface area is 141 Å². The van der Waals surface area contributed by atoms with Gasteiger partial charge in [-0.3, -0.25) is 5.10 Å². The molecule has 0 amide bonds. The Bertz CT molecular complexity index is 820. The Balaban J connectivity index is 1.70. The maximum Gasteiger partial charge on any atom is 0.388 e. The van der Waals surface area contributed by atoms with Gasteiger partial charge in [0.1, 0.15) is 11.3 Å². The van der Waals surface area contributed by atoms with Gasteiger partial charge in [0.05, 0.1) is 12.4 Å². The molecule has 3 aromatic rings. The summed E-state index contributed by atoms with van der Waals surface area (Å²) in [5.41, 5.74) is 1.30. The van der Waals surface area contributed by atoms with Crippen molar-refractivity contribution in [1.29, 1.82) is 0 Å². The van der Waals surface area contributed by atoms with Crippen LogP contribution in [0.4, 0.5) is 20.4 Å². The van der Waals surface area contributed by atoms with Gasteiger partial charge in [-0.2, -0.15) is 13.9 Å². The molecule has 0 aromatic carbocycles. The topological polar surface area (TPSA) is 103 Å². The molecule has 134 valence electrons. The Kier molecular flexibility index (Phi) is 5.33. The molecule has 3 aromatic heterocycles. The van der Waals surface area contributed by atoms with Crippen molar-refractivity contribution in [2.75, 3.05) is 19.0 Å². The molecule has 0 atom stereocenters. The van der Waals surface area contributed by atoms with Crippen molar-refractivity contribution in [2.45, 2.75) is 26.0 Å². The third-order valence-electron chi connectivity index (χ3n) is 3.34. The SMILES string of the molecule is COCCCCn1ncc2ncc(Nc3cc(OC(F)F)n[nH]3)nc21. The number of unbranched alkanes of at least 4 members (excludes halogenated alkanes) is 1. The van der Waals surface area contributed by atoms with E-state index in [1.165, 1.54) is 12.3 Å². The molecule has 0 aliphatic rings. The highest BCUT2D eigenvalue weighted by Gasteiger charge is 2.10. The van der Waals surface area contributed by atoms with Crippen LogP contribution in [0.2, 0.25) is 0 Å². The quantitative estimate of drug-likeness (QED) is 0.569. The van der Waals surface area contributed by atoms with Crippen molar-refractivity contribution in [3.8, 4) is 5.88 Å². The third kappa shape index (κ3) is 4.38. The Morgan fingerprint density at radius 2 is 2.20 bits per heavy atom. The molecule has 0 aliphatic heterocycles. The summed E-state index contributed by atoms with van der Waals surface area (Å²) >= 11 is 0. The first-order valence-electron chi connectivity index (χ1n) is 7.60. The predicted octanol–water partition coefficient (Wildman–Crippen LogP) is 2.32. The molecule has 0 spiro atoms. The second kappa shape index (κ2) is 7.83. The fourth-order valence-corrected chi connectivity index (χ4v) is 2.24. The van der Waals surface area contributed by atoms with Crippen molar-refractivity contribution >= 4 is 22.8 Å². The van der Waals surface area contributed by atoms with E-state index in [0.717, 1.165) is 12.8 Å². The number of nitrogens with one attached hydrogen (secondary N) is 2. The number of alkyl halides is 2. The Hall–Kier alpha value is -2.82. The molecule has 0 fully saturated rings. The number of ether oxygens (including phenoxy) is 2. The van der Waals surface area contributed by atoms with E-state index in [1.54, 1.807) is 18.0 Å². The van der Waals surface area contributed by atoms with Crippen LogP contribution in [0.5, 0.6) is 5.88 Å². The molecular formula is C14H17F2N7O2. The molecule has 0 saturated heterocycles. The van der Waals surface area contributed by atoms with E-state index in [2.05, 4.69) is 35.3 Å². The molecule has 25 heavy (non-hydrogen) atoms. The van der Waals surface area contributed by atoms with Gasteiger partial charge in [-0.1, -0.05) is 0 Å². The van der Waals surface area contributed by atoms with Crippen LogP contribution in [0, 0.1) is 0 Å². The molecule has 0 bridgehead atoms. The number of fused-ring (bicyclic) bond motifs is 1. The van der Waals surface area contributed by atoms with Gasteiger partial charge in [0.2, 0.25) is 5.88 Å². The second-order valence-electron chi connectivity index (χ2n) is 5.16. The second-order valence-corrected chi connectivity index (χ2v) is 5.16. The fraction of sp³-hybridized carbons (Fsp3) is 0.429. The minimum Gasteiger partial charge on any atom is -0.415 e. The lowest BCUT2D eigenvalue weighted by Crippen LogP contribution is -2.04. The summed E-state index contributed by atoms with van der Waals surface area (Å²) < 4.78 is 35.3. The van der Waals surface area contributed by atoms with Gasteiger partial charge in [0, 0.05) is 26.3 Å². The average Bonchev–Trinajstić information content (AvgIpc) is 3.18. The minimum absolute atomic E-state index is 0.213. The first kappa shape index (κ1) is 17.0. The highest BCUT2D eigenvalue weighted by Crippen LogP contribution is 2.19. The zero-order chi connectivity index (χ0) is 17.6. The maximum absolute atomic E-state index is 12.2. The van der Waals surface area contributed by atoms with Gasteiger partial charge in [0.15, 0.2) is 11.5 Å². The number of aryl methyl sites for hydroxylation is 1. The lowest BCUT2D eigenvalue weighted by atomic mass is 10.3. The predicted molar refractivity (Wildman–Crippen MR) is 84.9 cm³/mol. The van der Waals surface area contributed by atoms with Crippen LogP contribution < -0.4 is 10.1 Å². The number of anilines is 2. The van der Waals surface area contributed by atoms with E-state index in [1.807, 2.05) is 0 Å².